The number of ether oxygens (including phenoxy) is 2. The lowest BCUT2D eigenvalue weighted by molar-refractivity contribution is -0.143. The van der Waals surface area contributed by atoms with Gasteiger partial charge in [0.25, 0.3) is 0 Å². The van der Waals surface area contributed by atoms with Gasteiger partial charge in [0, 0.05) is 0 Å². The first kappa shape index (κ1) is 11.5. The number of rotatable bonds is 4. The maximum absolute atomic E-state index is 10.7. The number of carbonyl (C=O) groups is 2. The highest BCUT2D eigenvalue weighted by molar-refractivity contribution is 5.94. The first-order valence-corrected chi connectivity index (χ1v) is 3.86. The van der Waals surface area contributed by atoms with Gasteiger partial charge in [0.05, 0.1) is 19.3 Å². The Kier molecular flexibility index (Phi) is 5.34. The molecule has 0 unspecified atom stereocenters. The summed E-state index contributed by atoms with van der Waals surface area (Å²) in [5.74, 6) is -2.45. The lowest BCUT2D eigenvalue weighted by Crippen LogP contribution is -2.10. The SMILES string of the molecule is CCOC(=O)/[13CH]=C(\O)C(=O)OCC. The van der Waals surface area contributed by atoms with Crippen molar-refractivity contribution in [2.75, 3.05) is 13.2 Å². The number of carbonyl (C=O) groups excluding carboxylic acids is 2. The molecule has 5 heteroatoms. The second kappa shape index (κ2) is 6.05. The maximum atomic E-state index is 10.7. The summed E-state index contributed by atoms with van der Waals surface area (Å²) < 4.78 is 8.88. The first-order chi connectivity index (χ1) is 6.11. The van der Waals surface area contributed by atoms with E-state index in [4.69, 9.17) is 5.11 Å². The summed E-state index contributed by atoms with van der Waals surface area (Å²) in [7, 11) is 0. The Balaban J connectivity index is 4.14. The molecule has 0 saturated carbocycles. The number of aliphatic hydroxyl groups is 1. The highest BCUT2D eigenvalue weighted by Crippen LogP contribution is 1.94. The lowest BCUT2D eigenvalue weighted by Gasteiger charge is -1.99. The Morgan fingerprint density at radius 1 is 1.23 bits per heavy atom. The van der Waals surface area contributed by atoms with E-state index in [0.29, 0.717) is 6.08 Å². The normalized spacial score (nSPS) is 10.8. The molecule has 0 fully saturated rings. The maximum Gasteiger partial charge on any atom is 0.373 e. The summed E-state index contributed by atoms with van der Waals surface area (Å²) >= 11 is 0. The van der Waals surface area contributed by atoms with Gasteiger partial charge in [-0.3, -0.25) is 0 Å². The summed E-state index contributed by atoms with van der Waals surface area (Å²) in [6.07, 6.45) is 0.682. The quantitative estimate of drug-likeness (QED) is 0.302. The van der Waals surface area contributed by atoms with Gasteiger partial charge in [0.15, 0.2) is 0 Å². The zero-order chi connectivity index (χ0) is 10.3. The van der Waals surface area contributed by atoms with Crippen LogP contribution in [0.1, 0.15) is 13.8 Å². The van der Waals surface area contributed by atoms with Crippen LogP contribution in [-0.4, -0.2) is 30.3 Å². The number of esters is 2. The van der Waals surface area contributed by atoms with Crippen LogP contribution in [0.25, 0.3) is 0 Å². The van der Waals surface area contributed by atoms with Crippen LogP contribution in [-0.2, 0) is 19.1 Å². The van der Waals surface area contributed by atoms with Crippen LogP contribution in [0.5, 0.6) is 0 Å². The average Bonchev–Trinajstić information content (AvgIpc) is 2.05. The number of aliphatic hydroxyl groups excluding tert-OH is 1. The molecule has 0 heterocycles. The van der Waals surface area contributed by atoms with Gasteiger partial charge in [-0.15, -0.1) is 0 Å². The van der Waals surface area contributed by atoms with E-state index in [1.807, 2.05) is 0 Å². The molecular weight excluding hydrogens is 177 g/mol. The monoisotopic (exact) mass is 189 g/mol. The van der Waals surface area contributed by atoms with Crippen LogP contribution in [0.15, 0.2) is 11.8 Å². The Morgan fingerprint density at radius 3 is 2.23 bits per heavy atom. The Bertz CT molecular complexity index is 219. The van der Waals surface area contributed by atoms with Gasteiger partial charge < -0.3 is 14.6 Å². The highest BCUT2D eigenvalue weighted by atomic mass is 16.6. The zero-order valence-corrected chi connectivity index (χ0v) is 7.57. The molecule has 0 rings (SSSR count). The molecule has 0 aliphatic rings. The van der Waals surface area contributed by atoms with Gasteiger partial charge in [-0.1, -0.05) is 0 Å². The van der Waals surface area contributed by atoms with Crippen molar-refractivity contribution in [1.82, 2.24) is 0 Å². The molecule has 1 N–H and O–H groups in total. The topological polar surface area (TPSA) is 72.8 Å². The van der Waals surface area contributed by atoms with E-state index >= 15 is 0 Å². The van der Waals surface area contributed by atoms with Crippen LogP contribution >= 0.6 is 0 Å². The van der Waals surface area contributed by atoms with Crippen molar-refractivity contribution in [1.29, 1.82) is 0 Å². The smallest absolute Gasteiger partial charge is 0.373 e. The number of hydrogen-bond acceptors (Lipinski definition) is 5. The summed E-state index contributed by atoms with van der Waals surface area (Å²) in [5, 5.41) is 8.93. The number of hydrogen-bond donors (Lipinski definition) is 1. The summed E-state index contributed by atoms with van der Waals surface area (Å²) in [6, 6.07) is 0. The van der Waals surface area contributed by atoms with Crippen molar-refractivity contribution in [3.05, 3.63) is 11.8 Å². The van der Waals surface area contributed by atoms with Crippen molar-refractivity contribution in [3.63, 3.8) is 0 Å². The van der Waals surface area contributed by atoms with Crippen LogP contribution in [0, 0.1) is 0 Å². The fraction of sp³-hybridized carbons (Fsp3) is 0.500. The van der Waals surface area contributed by atoms with Gasteiger partial charge in [0.2, 0.25) is 5.76 Å². The molecule has 0 aliphatic heterocycles. The van der Waals surface area contributed by atoms with Crippen molar-refractivity contribution in [2.45, 2.75) is 13.8 Å². The predicted molar refractivity (Wildman–Crippen MR) is 44.0 cm³/mol. The van der Waals surface area contributed by atoms with E-state index in [2.05, 4.69) is 9.47 Å². The third kappa shape index (κ3) is 4.84. The van der Waals surface area contributed by atoms with E-state index in [1.54, 1.807) is 13.8 Å². The second-order valence-electron chi connectivity index (χ2n) is 2.00. The summed E-state index contributed by atoms with van der Waals surface area (Å²) in [5.41, 5.74) is 0. The van der Waals surface area contributed by atoms with Crippen molar-refractivity contribution < 1.29 is 24.2 Å². The van der Waals surface area contributed by atoms with E-state index < -0.39 is 17.7 Å². The molecule has 74 valence electrons. The fourth-order valence-corrected chi connectivity index (χ4v) is 0.560. The van der Waals surface area contributed by atoms with Crippen LogP contribution in [0.4, 0.5) is 0 Å². The van der Waals surface area contributed by atoms with Crippen LogP contribution in [0.3, 0.4) is 0 Å². The average molecular weight is 189 g/mol. The molecule has 13 heavy (non-hydrogen) atoms. The highest BCUT2D eigenvalue weighted by Gasteiger charge is 2.10. The minimum absolute atomic E-state index is 0.138. The standard InChI is InChI=1S/C8H12O5/c1-3-12-7(10)5-6(9)8(11)13-4-2/h5,9H,3-4H2,1-2H3/b6-5-/i5+1. The van der Waals surface area contributed by atoms with Gasteiger partial charge in [-0.2, -0.15) is 0 Å². The molecule has 0 aromatic heterocycles. The second-order valence-corrected chi connectivity index (χ2v) is 2.00. The Morgan fingerprint density at radius 2 is 1.77 bits per heavy atom. The largest absolute Gasteiger partial charge is 0.502 e. The minimum atomic E-state index is -0.935. The van der Waals surface area contributed by atoms with Crippen LogP contribution in [0.2, 0.25) is 0 Å². The van der Waals surface area contributed by atoms with E-state index in [9.17, 15) is 9.59 Å². The molecule has 0 aromatic carbocycles. The summed E-state index contributed by atoms with van der Waals surface area (Å²) in [4.78, 5) is 21.4. The van der Waals surface area contributed by atoms with Crippen molar-refractivity contribution in [2.24, 2.45) is 0 Å². The zero-order valence-electron chi connectivity index (χ0n) is 7.57. The molecule has 0 radical (unpaired) electrons. The fourth-order valence-electron chi connectivity index (χ4n) is 0.560. The Hall–Kier alpha value is -1.52. The molecule has 0 spiro atoms. The molecule has 0 bridgehead atoms. The van der Waals surface area contributed by atoms with Gasteiger partial charge in [-0.25, -0.2) is 9.59 Å². The molecule has 0 saturated heterocycles. The molecular formula is C8H12O5. The van der Waals surface area contributed by atoms with Crippen molar-refractivity contribution >= 4 is 11.9 Å². The minimum Gasteiger partial charge on any atom is -0.502 e. The Labute approximate surface area is 75.9 Å². The molecule has 0 atom stereocenters. The van der Waals surface area contributed by atoms with E-state index in [-0.39, 0.29) is 13.2 Å². The van der Waals surface area contributed by atoms with Gasteiger partial charge in [0.1, 0.15) is 0 Å². The molecule has 0 amide bonds. The third-order valence-corrected chi connectivity index (χ3v) is 1.03. The lowest BCUT2D eigenvalue weighted by atomic mass is 10.6. The van der Waals surface area contributed by atoms with E-state index in [0.717, 1.165) is 0 Å². The first-order valence-electron chi connectivity index (χ1n) is 3.86. The van der Waals surface area contributed by atoms with Crippen molar-refractivity contribution in [3.8, 4) is 0 Å². The van der Waals surface area contributed by atoms with Gasteiger partial charge in [-0.05, 0) is 13.8 Å². The van der Waals surface area contributed by atoms with Crippen LogP contribution < -0.4 is 0 Å². The summed E-state index contributed by atoms with van der Waals surface area (Å²) in [6.45, 7) is 3.54. The molecule has 5 nitrogen and oxygen atoms in total. The van der Waals surface area contributed by atoms with E-state index in [1.165, 1.54) is 0 Å². The molecule has 0 aliphatic carbocycles. The molecule has 0 aromatic rings. The van der Waals surface area contributed by atoms with Gasteiger partial charge >= 0.3 is 11.9 Å². The third-order valence-electron chi connectivity index (χ3n) is 1.03. The predicted octanol–water partition coefficient (Wildman–Crippen LogP) is 0.555.